The summed E-state index contributed by atoms with van der Waals surface area (Å²) in [5.74, 6) is -0.940. The van der Waals surface area contributed by atoms with Gasteiger partial charge in [0.25, 0.3) is 5.91 Å². The Kier molecular flexibility index (Phi) is 8.08. The molecular weight excluding hydrogens is 601 g/mol. The molecule has 0 spiro atoms. The molecule has 5 rings (SSSR count). The van der Waals surface area contributed by atoms with Gasteiger partial charge in [0.05, 0.1) is 23.7 Å². The number of nitrogens with zero attached hydrogens (tertiary/aromatic N) is 3. The number of halogens is 2. The first kappa shape index (κ1) is 30.3. The van der Waals surface area contributed by atoms with E-state index in [2.05, 4.69) is 10.3 Å². The monoisotopic (exact) mass is 633 g/mol. The molecule has 2 saturated heterocycles. The molecule has 13 heteroatoms. The van der Waals surface area contributed by atoms with Gasteiger partial charge in [-0.05, 0) is 42.2 Å². The minimum atomic E-state index is -4.06. The first-order valence-electron chi connectivity index (χ1n) is 13.6. The number of sulfonamides is 1. The quantitative estimate of drug-likeness (QED) is 0.410. The van der Waals surface area contributed by atoms with E-state index in [0.717, 1.165) is 15.2 Å². The molecule has 3 amide bonds. The van der Waals surface area contributed by atoms with Crippen LogP contribution < -0.4 is 5.32 Å². The van der Waals surface area contributed by atoms with E-state index in [4.69, 9.17) is 23.2 Å². The smallest absolute Gasteiger partial charge is 0.268 e. The van der Waals surface area contributed by atoms with Crippen molar-refractivity contribution in [2.75, 3.05) is 26.7 Å². The van der Waals surface area contributed by atoms with Crippen LogP contribution in [0.3, 0.4) is 0 Å². The van der Waals surface area contributed by atoms with Gasteiger partial charge in [0.1, 0.15) is 16.6 Å². The normalized spacial score (nSPS) is 19.5. The molecule has 3 aromatic rings. The summed E-state index contributed by atoms with van der Waals surface area (Å²) in [6.45, 7) is 5.90. The first-order chi connectivity index (χ1) is 19.7. The van der Waals surface area contributed by atoms with Gasteiger partial charge < -0.3 is 20.1 Å². The van der Waals surface area contributed by atoms with E-state index >= 15 is 0 Å². The van der Waals surface area contributed by atoms with E-state index < -0.39 is 21.5 Å². The van der Waals surface area contributed by atoms with Gasteiger partial charge in [-0.25, -0.2) is 8.42 Å². The van der Waals surface area contributed by atoms with Crippen LogP contribution in [0.1, 0.15) is 37.7 Å². The third-order valence-corrected chi connectivity index (χ3v) is 10.5. The highest BCUT2D eigenvalue weighted by Crippen LogP contribution is 2.34. The summed E-state index contributed by atoms with van der Waals surface area (Å²) in [5.41, 5.74) is 0.627. The predicted octanol–water partition coefficient (Wildman–Crippen LogP) is 3.75. The van der Waals surface area contributed by atoms with Crippen molar-refractivity contribution in [3.63, 3.8) is 0 Å². The van der Waals surface area contributed by atoms with Crippen LogP contribution in [0.5, 0.6) is 0 Å². The maximum atomic E-state index is 13.8. The first-order valence-corrected chi connectivity index (χ1v) is 15.8. The van der Waals surface area contributed by atoms with E-state index in [1.54, 1.807) is 15.9 Å². The second-order valence-electron chi connectivity index (χ2n) is 12.0. The van der Waals surface area contributed by atoms with Gasteiger partial charge in [-0.2, -0.15) is 4.31 Å². The SMILES string of the molecule is CN(CC(=O)N1C[C@@H]2C[C@H]1CN2C(=O)[C@@H](NC(=O)c1cc2ccccc2[nH]1)C(C)(C)C)S(=O)(=O)c1cc(Cl)ccc1Cl. The lowest BCUT2D eigenvalue weighted by Gasteiger charge is -2.39. The zero-order valence-corrected chi connectivity index (χ0v) is 26.1. The number of rotatable bonds is 7. The van der Waals surface area contributed by atoms with Gasteiger partial charge in [0, 0.05) is 36.1 Å². The molecule has 2 N–H and O–H groups in total. The average Bonchev–Trinajstić information content (AvgIpc) is 3.66. The number of para-hydroxylation sites is 1. The van der Waals surface area contributed by atoms with Crippen molar-refractivity contribution in [3.05, 3.63) is 64.3 Å². The van der Waals surface area contributed by atoms with Crippen LogP contribution in [0.4, 0.5) is 0 Å². The zero-order valence-electron chi connectivity index (χ0n) is 23.7. The number of aromatic nitrogens is 1. The van der Waals surface area contributed by atoms with Gasteiger partial charge in [-0.3, -0.25) is 14.4 Å². The molecule has 3 heterocycles. The van der Waals surface area contributed by atoms with E-state index in [1.165, 1.54) is 25.2 Å². The van der Waals surface area contributed by atoms with Crippen LogP contribution in [0, 0.1) is 5.41 Å². The number of amides is 3. The van der Waals surface area contributed by atoms with Crippen molar-refractivity contribution in [1.29, 1.82) is 0 Å². The number of likely N-dealkylation sites (tertiary alicyclic amines) is 2. The highest BCUT2D eigenvalue weighted by atomic mass is 35.5. The molecule has 42 heavy (non-hydrogen) atoms. The maximum absolute atomic E-state index is 13.8. The molecule has 2 fully saturated rings. The summed E-state index contributed by atoms with van der Waals surface area (Å²) in [4.78, 5) is 46.5. The Hall–Kier alpha value is -3.12. The van der Waals surface area contributed by atoms with Gasteiger partial charge in [0.2, 0.25) is 21.8 Å². The summed E-state index contributed by atoms with van der Waals surface area (Å²) < 4.78 is 27.1. The number of carbonyl (C=O) groups excluding carboxylic acids is 3. The Morgan fingerprint density at radius 3 is 2.36 bits per heavy atom. The summed E-state index contributed by atoms with van der Waals surface area (Å²) >= 11 is 12.1. The summed E-state index contributed by atoms with van der Waals surface area (Å²) in [6.07, 6.45) is 0.584. The van der Waals surface area contributed by atoms with Crippen molar-refractivity contribution >= 4 is 61.8 Å². The Morgan fingerprint density at radius 2 is 1.71 bits per heavy atom. The van der Waals surface area contributed by atoms with Crippen LogP contribution in [0.2, 0.25) is 10.0 Å². The standard InChI is InChI=1S/C29H33Cl2N5O5S/c1-29(2,3)26(33-27(38)23-11-17-7-5-6-8-22(17)32-23)28(39)36-15-19-13-20(36)14-35(19)25(37)16-34(4)42(40,41)24-12-18(30)9-10-21(24)31/h5-12,19-20,26,32H,13-16H2,1-4H3,(H,33,38)/t19-,20-,26+/m0/s1. The Labute approximate surface area is 255 Å². The number of fused-ring (bicyclic) bond motifs is 3. The minimum Gasteiger partial charge on any atom is -0.351 e. The van der Waals surface area contributed by atoms with Crippen molar-refractivity contribution in [2.45, 2.75) is 50.2 Å². The topological polar surface area (TPSA) is 123 Å². The van der Waals surface area contributed by atoms with Crippen LogP contribution in [0.25, 0.3) is 10.9 Å². The third-order valence-electron chi connectivity index (χ3n) is 7.95. The molecule has 1 aromatic heterocycles. The second kappa shape index (κ2) is 11.2. The number of hydrogen-bond acceptors (Lipinski definition) is 5. The Bertz CT molecular complexity index is 1630. The molecule has 0 aliphatic carbocycles. The summed E-state index contributed by atoms with van der Waals surface area (Å²) in [6, 6.07) is 12.2. The molecule has 10 nitrogen and oxygen atoms in total. The van der Waals surface area contributed by atoms with E-state index in [9.17, 15) is 22.8 Å². The summed E-state index contributed by atoms with van der Waals surface area (Å²) in [7, 11) is -2.74. The number of hydrogen-bond donors (Lipinski definition) is 2. The molecule has 224 valence electrons. The molecule has 0 saturated carbocycles. The minimum absolute atomic E-state index is 0.0121. The number of H-pyrrole nitrogens is 1. The van der Waals surface area contributed by atoms with Gasteiger partial charge in [-0.1, -0.05) is 62.2 Å². The third kappa shape index (κ3) is 5.75. The molecule has 3 atom stereocenters. The fourth-order valence-corrected chi connectivity index (χ4v) is 7.52. The van der Waals surface area contributed by atoms with Crippen molar-refractivity contribution < 1.29 is 22.8 Å². The second-order valence-corrected chi connectivity index (χ2v) is 14.8. The largest absolute Gasteiger partial charge is 0.351 e. The van der Waals surface area contributed by atoms with Gasteiger partial charge >= 0.3 is 0 Å². The van der Waals surface area contributed by atoms with Gasteiger partial charge in [0.15, 0.2) is 0 Å². The number of carbonyl (C=O) groups is 3. The molecule has 0 unspecified atom stereocenters. The zero-order chi connectivity index (χ0) is 30.6. The number of likely N-dealkylation sites (N-methyl/N-ethyl adjacent to an activating group) is 1. The maximum Gasteiger partial charge on any atom is 0.268 e. The molecular formula is C29H33Cl2N5O5S. The fourth-order valence-electron chi connectivity index (χ4n) is 5.67. The lowest BCUT2D eigenvalue weighted by atomic mass is 9.85. The van der Waals surface area contributed by atoms with Crippen LogP contribution >= 0.6 is 23.2 Å². The highest BCUT2D eigenvalue weighted by Gasteiger charge is 2.50. The molecule has 2 bridgehead atoms. The van der Waals surface area contributed by atoms with Crippen LogP contribution in [-0.4, -0.2) is 90.0 Å². The molecule has 0 radical (unpaired) electrons. The van der Waals surface area contributed by atoms with Crippen molar-refractivity contribution in [1.82, 2.24) is 24.4 Å². The van der Waals surface area contributed by atoms with Crippen molar-refractivity contribution in [2.24, 2.45) is 5.41 Å². The fraction of sp³-hybridized carbons (Fsp3) is 0.414. The van der Waals surface area contributed by atoms with E-state index in [1.807, 2.05) is 45.0 Å². The summed E-state index contributed by atoms with van der Waals surface area (Å²) in [5, 5.41) is 4.06. The molecule has 2 aromatic carbocycles. The highest BCUT2D eigenvalue weighted by molar-refractivity contribution is 7.89. The Balaban J connectivity index is 1.24. The number of piperazine rings is 1. The van der Waals surface area contributed by atoms with Crippen LogP contribution in [-0.2, 0) is 19.6 Å². The number of aromatic amines is 1. The van der Waals surface area contributed by atoms with Crippen molar-refractivity contribution in [3.8, 4) is 0 Å². The number of nitrogens with one attached hydrogen (secondary N) is 2. The lowest BCUT2D eigenvalue weighted by Crippen LogP contribution is -2.59. The van der Waals surface area contributed by atoms with Crippen LogP contribution in [0.15, 0.2) is 53.4 Å². The average molecular weight is 635 g/mol. The van der Waals surface area contributed by atoms with E-state index in [-0.39, 0.29) is 57.8 Å². The molecule has 2 aliphatic heterocycles. The van der Waals surface area contributed by atoms with E-state index in [0.29, 0.717) is 18.7 Å². The Morgan fingerprint density at radius 1 is 1.05 bits per heavy atom. The van der Waals surface area contributed by atoms with Gasteiger partial charge in [-0.15, -0.1) is 0 Å². The lowest BCUT2D eigenvalue weighted by molar-refractivity contribution is -0.142. The predicted molar refractivity (Wildman–Crippen MR) is 161 cm³/mol. The number of benzene rings is 2. The molecule has 2 aliphatic rings.